The van der Waals surface area contributed by atoms with Gasteiger partial charge in [-0.15, -0.1) is 4.91 Å². The molecule has 0 aliphatic rings. The van der Waals surface area contributed by atoms with Gasteiger partial charge in [-0.1, -0.05) is 0 Å². The zero-order chi connectivity index (χ0) is 4.99. The summed E-state index contributed by atoms with van der Waals surface area (Å²) in [6, 6.07) is 0. The molecule has 0 atom stereocenters. The van der Waals surface area contributed by atoms with Gasteiger partial charge < -0.3 is 0 Å². The van der Waals surface area contributed by atoms with E-state index in [4.69, 9.17) is 0 Å². The summed E-state index contributed by atoms with van der Waals surface area (Å²) in [7, 11) is 1.52. The van der Waals surface area contributed by atoms with Crippen molar-refractivity contribution in [3.63, 3.8) is 0 Å². The second-order valence-corrected chi connectivity index (χ2v) is 0.862. The van der Waals surface area contributed by atoms with Crippen molar-refractivity contribution in [2.45, 2.75) is 6.92 Å². The lowest BCUT2D eigenvalue weighted by molar-refractivity contribution is 1.37. The van der Waals surface area contributed by atoms with Crippen LogP contribution in [0.5, 0.6) is 0 Å². The van der Waals surface area contributed by atoms with Crippen molar-refractivity contribution in [1.82, 2.24) is 0 Å². The molecule has 6 heavy (non-hydrogen) atoms. The summed E-state index contributed by atoms with van der Waals surface area (Å²) >= 11 is 0. The molecule has 0 heterocycles. The first kappa shape index (κ1) is 5.27. The second-order valence-electron chi connectivity index (χ2n) is 0.862. The lowest BCUT2D eigenvalue weighted by Gasteiger charge is -1.71. The molecule has 0 aromatic carbocycles. The summed E-state index contributed by atoms with van der Waals surface area (Å²) in [6.45, 7) is 1.55. The number of hydrogen-bond donors (Lipinski definition) is 0. The first-order chi connectivity index (χ1) is 2.81. The molecule has 0 aliphatic heterocycles. The highest BCUT2D eigenvalue weighted by Gasteiger charge is 1.75. The van der Waals surface area contributed by atoms with Gasteiger partial charge in [-0.05, 0) is 12.1 Å². The maximum absolute atomic E-state index is 9.36. The van der Waals surface area contributed by atoms with Crippen LogP contribution in [0.4, 0.5) is 0 Å². The molecular weight excluding hydrogens is 80.0 g/mol. The highest BCUT2D eigenvalue weighted by atomic mass is 16.3. The highest BCUT2D eigenvalue weighted by Crippen LogP contribution is 1.70. The number of aliphatic imine (C=N–C) groups is 1. The maximum Gasteiger partial charge on any atom is 0.164 e. The number of nitrogens with zero attached hydrogens (tertiary/aromatic N) is 2. The normalized spacial score (nSPS) is 11.3. The largest absolute Gasteiger partial charge is 0.271 e. The first-order valence-corrected chi connectivity index (χ1v) is 1.58. The van der Waals surface area contributed by atoms with E-state index in [1.165, 1.54) is 7.05 Å². The number of hydrogen-bond acceptors (Lipinski definition) is 2. The zero-order valence-electron chi connectivity index (χ0n) is 3.80. The van der Waals surface area contributed by atoms with Gasteiger partial charge in [0, 0.05) is 7.05 Å². The van der Waals surface area contributed by atoms with Gasteiger partial charge in [0.15, 0.2) is 5.84 Å². The van der Waals surface area contributed by atoms with Crippen LogP contribution >= 0.6 is 0 Å². The van der Waals surface area contributed by atoms with Crippen molar-refractivity contribution < 1.29 is 0 Å². The third-order valence-corrected chi connectivity index (χ3v) is 0.456. The molecule has 0 aromatic rings. The van der Waals surface area contributed by atoms with Crippen molar-refractivity contribution in [2.75, 3.05) is 7.05 Å². The number of rotatable bonds is 0. The average Bonchev–Trinajstić information content (AvgIpc) is 1.65. The topological polar surface area (TPSA) is 41.8 Å². The minimum absolute atomic E-state index is 0.287. The average molecular weight is 86.1 g/mol. The summed E-state index contributed by atoms with van der Waals surface area (Å²) in [4.78, 5) is 12.8. The van der Waals surface area contributed by atoms with Gasteiger partial charge in [-0.3, -0.25) is 4.99 Å². The molecule has 0 amide bonds. The van der Waals surface area contributed by atoms with Gasteiger partial charge in [0.2, 0.25) is 0 Å². The van der Waals surface area contributed by atoms with Crippen molar-refractivity contribution in [3.05, 3.63) is 4.91 Å². The molecule has 3 nitrogen and oxygen atoms in total. The van der Waals surface area contributed by atoms with Crippen LogP contribution in [0.2, 0.25) is 0 Å². The molecular formula is C3H6N2O. The van der Waals surface area contributed by atoms with E-state index in [9.17, 15) is 4.91 Å². The third kappa shape index (κ3) is 1.58. The molecule has 3 heteroatoms. The molecule has 0 fully saturated rings. The molecule has 0 saturated heterocycles. The van der Waals surface area contributed by atoms with E-state index in [1.807, 2.05) is 0 Å². The molecule has 0 radical (unpaired) electrons. The van der Waals surface area contributed by atoms with Crippen LogP contribution in [0.25, 0.3) is 0 Å². The number of nitroso groups, excluding NO2 is 1. The zero-order valence-corrected chi connectivity index (χ0v) is 3.80. The first-order valence-electron chi connectivity index (χ1n) is 1.58. The summed E-state index contributed by atoms with van der Waals surface area (Å²) < 4.78 is 0. The molecule has 0 unspecified atom stereocenters. The Labute approximate surface area is 36.1 Å². The lowest BCUT2D eigenvalue weighted by Crippen LogP contribution is -1.77. The molecule has 34 valence electrons. The minimum atomic E-state index is 0.287. The summed E-state index contributed by atoms with van der Waals surface area (Å²) in [5.74, 6) is 0.287. The smallest absolute Gasteiger partial charge is 0.164 e. The fourth-order valence-electron chi connectivity index (χ4n) is 0.0408. The highest BCUT2D eigenvalue weighted by molar-refractivity contribution is 5.79. The predicted octanol–water partition coefficient (Wildman–Crippen LogP) is 0.801. The summed E-state index contributed by atoms with van der Waals surface area (Å²) in [5, 5.41) is 2.51. The molecule has 0 spiro atoms. The van der Waals surface area contributed by atoms with Crippen LogP contribution in [-0.2, 0) is 0 Å². The fourth-order valence-corrected chi connectivity index (χ4v) is 0.0408. The summed E-state index contributed by atoms with van der Waals surface area (Å²) in [6.07, 6.45) is 0. The van der Waals surface area contributed by atoms with Crippen LogP contribution in [0, 0.1) is 4.91 Å². The lowest BCUT2D eigenvalue weighted by atomic mass is 10.7. The molecule has 0 rings (SSSR count). The standard InChI is InChI=1S/C3H6N2O/c1-3(4-2)5-6/h1-2H3. The van der Waals surface area contributed by atoms with Crippen LogP contribution in [-0.4, -0.2) is 12.9 Å². The Kier molecular flexibility index (Phi) is 2.20. The van der Waals surface area contributed by atoms with E-state index in [-0.39, 0.29) is 5.84 Å². The third-order valence-electron chi connectivity index (χ3n) is 0.456. The fraction of sp³-hybridized carbons (Fsp3) is 0.667. The molecule has 0 N–H and O–H groups in total. The van der Waals surface area contributed by atoms with E-state index in [0.29, 0.717) is 0 Å². The summed E-state index contributed by atoms with van der Waals surface area (Å²) in [5.41, 5.74) is 0. The number of amidine groups is 1. The molecule has 0 aliphatic carbocycles. The van der Waals surface area contributed by atoms with E-state index in [2.05, 4.69) is 10.2 Å². The minimum Gasteiger partial charge on any atom is -0.271 e. The van der Waals surface area contributed by atoms with Crippen LogP contribution < -0.4 is 0 Å². The van der Waals surface area contributed by atoms with Crippen LogP contribution in [0.15, 0.2) is 10.2 Å². The molecule has 0 aromatic heterocycles. The van der Waals surface area contributed by atoms with Gasteiger partial charge in [0.05, 0.1) is 0 Å². The Balaban J connectivity index is 3.50. The van der Waals surface area contributed by atoms with E-state index >= 15 is 0 Å². The van der Waals surface area contributed by atoms with Crippen molar-refractivity contribution in [2.24, 2.45) is 10.2 Å². The van der Waals surface area contributed by atoms with Crippen molar-refractivity contribution >= 4 is 5.84 Å². The molecule has 0 bridgehead atoms. The SMILES string of the molecule is CN=C(C)N=O. The second kappa shape index (κ2) is 2.50. The maximum atomic E-state index is 9.36. The van der Waals surface area contributed by atoms with Gasteiger partial charge in [0.1, 0.15) is 0 Å². The molecule has 0 saturated carbocycles. The van der Waals surface area contributed by atoms with Gasteiger partial charge in [0.25, 0.3) is 0 Å². The Morgan fingerprint density at radius 1 is 1.67 bits per heavy atom. The predicted molar refractivity (Wildman–Crippen MR) is 24.8 cm³/mol. The quantitative estimate of drug-likeness (QED) is 0.244. The Morgan fingerprint density at radius 2 is 2.17 bits per heavy atom. The van der Waals surface area contributed by atoms with E-state index in [1.54, 1.807) is 6.92 Å². The Hall–Kier alpha value is -0.730. The Bertz CT molecular complexity index is 76.9. The van der Waals surface area contributed by atoms with Crippen molar-refractivity contribution in [3.8, 4) is 0 Å². The Morgan fingerprint density at radius 3 is 2.17 bits per heavy atom. The van der Waals surface area contributed by atoms with Crippen LogP contribution in [0.1, 0.15) is 6.92 Å². The van der Waals surface area contributed by atoms with Gasteiger partial charge in [-0.25, -0.2) is 0 Å². The van der Waals surface area contributed by atoms with E-state index < -0.39 is 0 Å². The van der Waals surface area contributed by atoms with E-state index in [0.717, 1.165) is 0 Å². The van der Waals surface area contributed by atoms with Gasteiger partial charge in [-0.2, -0.15) is 0 Å². The monoisotopic (exact) mass is 86.0 g/mol. The van der Waals surface area contributed by atoms with Crippen LogP contribution in [0.3, 0.4) is 0 Å². The van der Waals surface area contributed by atoms with Crippen molar-refractivity contribution in [1.29, 1.82) is 0 Å². The van der Waals surface area contributed by atoms with Gasteiger partial charge >= 0.3 is 0 Å².